The van der Waals surface area contributed by atoms with Gasteiger partial charge in [0.25, 0.3) is 0 Å². The molecule has 1 aromatic carbocycles. The van der Waals surface area contributed by atoms with E-state index in [9.17, 15) is 0 Å². The van der Waals surface area contributed by atoms with Crippen molar-refractivity contribution in [2.45, 2.75) is 54.4 Å². The number of aryl methyl sites for hydroxylation is 2. The Hall–Kier alpha value is -2.71. The minimum atomic E-state index is 0.450. The fraction of sp³-hybridized carbons (Fsp3) is 0.607. The summed E-state index contributed by atoms with van der Waals surface area (Å²) in [6, 6.07) is 6.20. The van der Waals surface area contributed by atoms with E-state index in [2.05, 4.69) is 71.9 Å². The van der Waals surface area contributed by atoms with Gasteiger partial charge in [0.15, 0.2) is 0 Å². The number of nitrogens with one attached hydrogen (secondary N) is 1. The molecule has 1 fully saturated rings. The summed E-state index contributed by atoms with van der Waals surface area (Å²) >= 11 is 0. The zero-order valence-corrected chi connectivity index (χ0v) is 23.4. The Morgan fingerprint density at radius 3 is 2.44 bits per heavy atom. The lowest BCUT2D eigenvalue weighted by Gasteiger charge is -2.26. The van der Waals surface area contributed by atoms with E-state index < -0.39 is 0 Å². The molecule has 1 aliphatic rings. The van der Waals surface area contributed by atoms with Gasteiger partial charge in [-0.25, -0.2) is 4.99 Å². The summed E-state index contributed by atoms with van der Waals surface area (Å²) in [6.45, 7) is 23.4. The SMILES string of the molecule is C=N/C(=C\C(=NC/C=N/Nc1ccc(C)c(C)c1)N(CCC)CCC)OCCN1CCOCC1.CC. The van der Waals surface area contributed by atoms with Crippen LogP contribution in [-0.4, -0.2) is 87.7 Å². The Kier molecular flexibility index (Phi) is 16.9. The van der Waals surface area contributed by atoms with Crippen LogP contribution >= 0.6 is 0 Å². The molecule has 1 N–H and O–H groups in total. The number of benzene rings is 1. The van der Waals surface area contributed by atoms with Crippen LogP contribution in [0.5, 0.6) is 0 Å². The van der Waals surface area contributed by atoms with Gasteiger partial charge >= 0.3 is 0 Å². The molecule has 1 heterocycles. The number of hydrazone groups is 1. The second-order valence-electron chi connectivity index (χ2n) is 8.35. The molecule has 2 rings (SSSR count). The summed E-state index contributed by atoms with van der Waals surface area (Å²) in [6.07, 6.45) is 5.73. The molecule has 1 aliphatic heterocycles. The molecule has 1 saturated heterocycles. The average Bonchev–Trinajstić information content (AvgIpc) is 2.90. The van der Waals surface area contributed by atoms with Crippen LogP contribution in [0.3, 0.4) is 0 Å². The zero-order valence-electron chi connectivity index (χ0n) is 23.4. The molecule has 0 bridgehead atoms. The van der Waals surface area contributed by atoms with Crippen LogP contribution in [0.2, 0.25) is 0 Å². The molecule has 202 valence electrons. The predicted molar refractivity (Wildman–Crippen MR) is 155 cm³/mol. The van der Waals surface area contributed by atoms with Crippen molar-refractivity contribution < 1.29 is 9.47 Å². The Labute approximate surface area is 219 Å². The summed E-state index contributed by atoms with van der Waals surface area (Å²) in [7, 11) is 0. The highest BCUT2D eigenvalue weighted by Gasteiger charge is 2.12. The molecule has 0 spiro atoms. The molecule has 0 saturated carbocycles. The molecule has 0 atom stereocenters. The third kappa shape index (κ3) is 12.3. The largest absolute Gasteiger partial charge is 0.476 e. The van der Waals surface area contributed by atoms with Crippen LogP contribution in [0.15, 0.2) is 45.2 Å². The number of aliphatic imine (C=N–C) groups is 2. The summed E-state index contributed by atoms with van der Waals surface area (Å²) in [5.41, 5.74) is 6.55. The Bertz CT molecular complexity index is 825. The van der Waals surface area contributed by atoms with Crippen molar-refractivity contribution in [1.29, 1.82) is 0 Å². The predicted octanol–water partition coefficient (Wildman–Crippen LogP) is 5.14. The molecule has 0 radical (unpaired) electrons. The third-order valence-electron chi connectivity index (χ3n) is 5.61. The van der Waals surface area contributed by atoms with Gasteiger partial charge in [-0.05, 0) is 56.7 Å². The molecule has 0 unspecified atom stereocenters. The minimum Gasteiger partial charge on any atom is -0.476 e. The molecule has 1 aromatic rings. The standard InChI is InChI=1S/C26H42N6O2.C2H6/c1-6-12-32(13-7-2)25(21-26(27-5)34-19-16-31-14-17-33-18-15-31)28-10-11-29-30-24-9-8-22(3)23(4)20-24;1-2/h8-9,11,20-21,30H,5-7,10,12-19H2,1-4H3;1-2H3/b26-21+,28-25?,29-11+;. The van der Waals surface area contributed by atoms with Gasteiger partial charge in [-0.2, -0.15) is 5.10 Å². The molecule has 0 amide bonds. The first kappa shape index (κ1) is 31.3. The molecule has 8 heteroatoms. The van der Waals surface area contributed by atoms with Crippen molar-refractivity contribution in [3.05, 3.63) is 41.3 Å². The smallest absolute Gasteiger partial charge is 0.216 e. The molecule has 8 nitrogen and oxygen atoms in total. The van der Waals surface area contributed by atoms with Gasteiger partial charge in [0.05, 0.1) is 25.4 Å². The topological polar surface area (TPSA) is 74.0 Å². The van der Waals surface area contributed by atoms with Crippen LogP contribution in [0.1, 0.15) is 51.7 Å². The van der Waals surface area contributed by atoms with Gasteiger partial charge < -0.3 is 14.4 Å². The molecular formula is C28H48N6O2. The Morgan fingerprint density at radius 1 is 1.14 bits per heavy atom. The first-order valence-electron chi connectivity index (χ1n) is 13.3. The monoisotopic (exact) mass is 500 g/mol. The first-order chi connectivity index (χ1) is 17.6. The lowest BCUT2D eigenvalue weighted by Crippen LogP contribution is -2.38. The van der Waals surface area contributed by atoms with Crippen molar-refractivity contribution in [2.24, 2.45) is 15.1 Å². The molecule has 0 aliphatic carbocycles. The number of morpholine rings is 1. The van der Waals surface area contributed by atoms with Gasteiger partial charge in [-0.3, -0.25) is 15.3 Å². The second-order valence-corrected chi connectivity index (χ2v) is 8.35. The highest BCUT2D eigenvalue weighted by atomic mass is 16.5. The minimum absolute atomic E-state index is 0.450. The number of nitrogens with zero attached hydrogens (tertiary/aromatic N) is 5. The quantitative estimate of drug-likeness (QED) is 0.166. The lowest BCUT2D eigenvalue weighted by molar-refractivity contribution is 0.0274. The van der Waals surface area contributed by atoms with Gasteiger partial charge in [0.1, 0.15) is 12.4 Å². The van der Waals surface area contributed by atoms with E-state index in [4.69, 9.17) is 14.5 Å². The fourth-order valence-corrected chi connectivity index (χ4v) is 3.57. The van der Waals surface area contributed by atoms with Crippen LogP contribution in [-0.2, 0) is 9.47 Å². The molecule has 36 heavy (non-hydrogen) atoms. The normalized spacial score (nSPS) is 14.8. The van der Waals surface area contributed by atoms with Gasteiger partial charge in [0, 0.05) is 45.0 Å². The first-order valence-corrected chi connectivity index (χ1v) is 13.3. The van der Waals surface area contributed by atoms with Crippen molar-refractivity contribution in [3.63, 3.8) is 0 Å². The fourth-order valence-electron chi connectivity index (χ4n) is 3.57. The number of hydrogen-bond donors (Lipinski definition) is 1. The molecule has 0 aromatic heterocycles. The van der Waals surface area contributed by atoms with Crippen molar-refractivity contribution >= 4 is 24.5 Å². The Balaban J connectivity index is 0.00000316. The van der Waals surface area contributed by atoms with Crippen LogP contribution in [0, 0.1) is 13.8 Å². The van der Waals surface area contributed by atoms with Crippen molar-refractivity contribution in [3.8, 4) is 0 Å². The van der Waals surface area contributed by atoms with E-state index in [-0.39, 0.29) is 0 Å². The summed E-state index contributed by atoms with van der Waals surface area (Å²) in [5, 5.41) is 4.33. The number of amidine groups is 1. The number of ether oxygens (including phenoxy) is 2. The van der Waals surface area contributed by atoms with Gasteiger partial charge in [0.2, 0.25) is 5.88 Å². The van der Waals surface area contributed by atoms with E-state index in [1.165, 1.54) is 11.1 Å². The third-order valence-corrected chi connectivity index (χ3v) is 5.61. The van der Waals surface area contributed by atoms with E-state index in [0.29, 0.717) is 19.0 Å². The number of hydrogen-bond acceptors (Lipinski definition) is 7. The van der Waals surface area contributed by atoms with Crippen LogP contribution < -0.4 is 5.43 Å². The summed E-state index contributed by atoms with van der Waals surface area (Å²) < 4.78 is 11.3. The summed E-state index contributed by atoms with van der Waals surface area (Å²) in [4.78, 5) is 13.5. The Morgan fingerprint density at radius 2 is 1.83 bits per heavy atom. The maximum absolute atomic E-state index is 5.93. The second kappa shape index (κ2) is 19.5. The maximum Gasteiger partial charge on any atom is 0.216 e. The number of anilines is 1. The van der Waals surface area contributed by atoms with Gasteiger partial charge in [-0.15, -0.1) is 0 Å². The molecular weight excluding hydrogens is 452 g/mol. The lowest BCUT2D eigenvalue weighted by atomic mass is 10.1. The highest BCUT2D eigenvalue weighted by molar-refractivity contribution is 5.94. The maximum atomic E-state index is 5.93. The van der Waals surface area contributed by atoms with Crippen LogP contribution in [0.4, 0.5) is 5.69 Å². The highest BCUT2D eigenvalue weighted by Crippen LogP contribution is 2.13. The summed E-state index contributed by atoms with van der Waals surface area (Å²) in [5.74, 6) is 1.34. The van der Waals surface area contributed by atoms with E-state index in [1.807, 2.05) is 26.0 Å². The van der Waals surface area contributed by atoms with E-state index in [1.54, 1.807) is 6.21 Å². The van der Waals surface area contributed by atoms with E-state index in [0.717, 1.165) is 70.3 Å². The van der Waals surface area contributed by atoms with E-state index >= 15 is 0 Å². The van der Waals surface area contributed by atoms with Crippen molar-refractivity contribution in [1.82, 2.24) is 9.80 Å². The zero-order chi connectivity index (χ0) is 26.6. The van der Waals surface area contributed by atoms with Crippen molar-refractivity contribution in [2.75, 3.05) is 64.5 Å². The van der Waals surface area contributed by atoms with Crippen LogP contribution in [0.25, 0.3) is 0 Å². The van der Waals surface area contributed by atoms with Gasteiger partial charge in [-0.1, -0.05) is 33.8 Å². The average molecular weight is 501 g/mol. The number of rotatable bonds is 14.